The summed E-state index contributed by atoms with van der Waals surface area (Å²) < 4.78 is 4.81. The summed E-state index contributed by atoms with van der Waals surface area (Å²) in [5, 5.41) is 0. The van der Waals surface area contributed by atoms with Gasteiger partial charge in [0, 0.05) is 5.56 Å². The number of ether oxygens (including phenoxy) is 1. The predicted molar refractivity (Wildman–Crippen MR) is 75.8 cm³/mol. The van der Waals surface area contributed by atoms with Gasteiger partial charge in [-0.05, 0) is 18.6 Å². The van der Waals surface area contributed by atoms with Crippen LogP contribution in [-0.2, 0) is 9.53 Å². The molecule has 2 aromatic rings. The zero-order chi connectivity index (χ0) is 13.7. The van der Waals surface area contributed by atoms with Gasteiger partial charge in [-0.25, -0.2) is 9.79 Å². The van der Waals surface area contributed by atoms with E-state index in [2.05, 4.69) is 4.99 Å². The van der Waals surface area contributed by atoms with Crippen molar-refractivity contribution in [2.24, 2.45) is 4.99 Å². The minimum Gasteiger partial charge on any atom is -0.464 e. The molecule has 3 nitrogen and oxygen atoms in total. The summed E-state index contributed by atoms with van der Waals surface area (Å²) in [6.07, 6.45) is 0. The number of esters is 1. The van der Waals surface area contributed by atoms with Crippen LogP contribution in [0.25, 0.3) is 0 Å². The molecule has 96 valence electrons. The van der Waals surface area contributed by atoms with E-state index in [0.717, 1.165) is 16.8 Å². The maximum atomic E-state index is 11.9. The van der Waals surface area contributed by atoms with Crippen LogP contribution in [0, 0.1) is 6.92 Å². The molecular weight excluding hydrogens is 238 g/mol. The summed E-state index contributed by atoms with van der Waals surface area (Å²) >= 11 is 0. The Kier molecular flexibility index (Phi) is 4.08. The highest BCUT2D eigenvalue weighted by atomic mass is 16.5. The number of benzene rings is 2. The fourth-order valence-electron chi connectivity index (χ4n) is 1.73. The Hall–Kier alpha value is -2.42. The van der Waals surface area contributed by atoms with E-state index in [4.69, 9.17) is 4.74 Å². The van der Waals surface area contributed by atoms with Gasteiger partial charge in [-0.2, -0.15) is 0 Å². The number of aliphatic imine (C=N–C) groups is 1. The van der Waals surface area contributed by atoms with Crippen molar-refractivity contribution >= 4 is 17.4 Å². The molecule has 0 saturated carbocycles. The molecule has 2 rings (SSSR count). The fourth-order valence-corrected chi connectivity index (χ4v) is 1.73. The van der Waals surface area contributed by atoms with Crippen molar-refractivity contribution in [2.45, 2.75) is 6.92 Å². The van der Waals surface area contributed by atoms with Crippen LogP contribution < -0.4 is 0 Å². The molecule has 0 radical (unpaired) electrons. The van der Waals surface area contributed by atoms with Gasteiger partial charge in [0.25, 0.3) is 0 Å². The molecule has 0 spiro atoms. The third kappa shape index (κ3) is 3.07. The lowest BCUT2D eigenvalue weighted by atomic mass is 10.1. The predicted octanol–water partition coefficient (Wildman–Crippen LogP) is 3.29. The number of hydrogen-bond acceptors (Lipinski definition) is 3. The molecule has 0 aromatic heterocycles. The molecule has 19 heavy (non-hydrogen) atoms. The number of nitrogens with zero attached hydrogens (tertiary/aromatic N) is 1. The SMILES string of the molecule is COC(=O)C(=Nc1ccccc1C)c1ccccc1. The van der Waals surface area contributed by atoms with Crippen LogP contribution in [0.1, 0.15) is 11.1 Å². The smallest absolute Gasteiger partial charge is 0.357 e. The number of carbonyl (C=O) groups is 1. The molecule has 3 heteroatoms. The monoisotopic (exact) mass is 253 g/mol. The zero-order valence-corrected chi connectivity index (χ0v) is 11.0. The van der Waals surface area contributed by atoms with Gasteiger partial charge in [0.05, 0.1) is 12.8 Å². The standard InChI is InChI=1S/C16H15NO2/c1-12-8-6-7-11-14(12)17-15(16(18)19-2)13-9-4-3-5-10-13/h3-11H,1-2H3. The molecule has 0 atom stereocenters. The van der Waals surface area contributed by atoms with Gasteiger partial charge < -0.3 is 4.74 Å². The van der Waals surface area contributed by atoms with Crippen LogP contribution in [0.15, 0.2) is 59.6 Å². The first-order valence-electron chi connectivity index (χ1n) is 6.00. The number of para-hydroxylation sites is 1. The summed E-state index contributed by atoms with van der Waals surface area (Å²) in [7, 11) is 1.36. The summed E-state index contributed by atoms with van der Waals surface area (Å²) in [5.41, 5.74) is 2.85. The summed E-state index contributed by atoms with van der Waals surface area (Å²) in [5.74, 6) is -0.436. The van der Waals surface area contributed by atoms with Crippen molar-refractivity contribution in [1.82, 2.24) is 0 Å². The Bertz CT molecular complexity index is 603. The van der Waals surface area contributed by atoms with E-state index >= 15 is 0 Å². The van der Waals surface area contributed by atoms with Crippen LogP contribution in [0.5, 0.6) is 0 Å². The Balaban J connectivity index is 2.51. The quantitative estimate of drug-likeness (QED) is 0.622. The minimum atomic E-state index is -0.436. The second-order valence-corrected chi connectivity index (χ2v) is 4.10. The molecule has 0 aliphatic heterocycles. The average Bonchev–Trinajstić information content (AvgIpc) is 2.46. The van der Waals surface area contributed by atoms with E-state index in [9.17, 15) is 4.79 Å². The molecule has 0 heterocycles. The van der Waals surface area contributed by atoms with Gasteiger partial charge in [0.2, 0.25) is 0 Å². The second-order valence-electron chi connectivity index (χ2n) is 4.10. The molecule has 0 N–H and O–H groups in total. The van der Waals surface area contributed by atoms with Crippen LogP contribution >= 0.6 is 0 Å². The zero-order valence-electron chi connectivity index (χ0n) is 11.0. The van der Waals surface area contributed by atoms with E-state index in [-0.39, 0.29) is 0 Å². The van der Waals surface area contributed by atoms with E-state index < -0.39 is 5.97 Å². The van der Waals surface area contributed by atoms with Crippen molar-refractivity contribution in [3.05, 3.63) is 65.7 Å². The lowest BCUT2D eigenvalue weighted by molar-refractivity contribution is -0.132. The van der Waals surface area contributed by atoms with Crippen LogP contribution in [0.3, 0.4) is 0 Å². The van der Waals surface area contributed by atoms with Crippen molar-refractivity contribution in [2.75, 3.05) is 7.11 Å². The highest BCUT2D eigenvalue weighted by molar-refractivity contribution is 6.43. The number of carbonyl (C=O) groups excluding carboxylic acids is 1. The number of hydrogen-bond donors (Lipinski definition) is 0. The van der Waals surface area contributed by atoms with Crippen molar-refractivity contribution in [3.63, 3.8) is 0 Å². The lowest BCUT2D eigenvalue weighted by Gasteiger charge is -2.06. The van der Waals surface area contributed by atoms with Gasteiger partial charge in [0.15, 0.2) is 5.71 Å². The van der Waals surface area contributed by atoms with Gasteiger partial charge in [-0.3, -0.25) is 0 Å². The van der Waals surface area contributed by atoms with Crippen LogP contribution in [0.2, 0.25) is 0 Å². The molecular formula is C16H15NO2. The molecule has 0 saturated heterocycles. The van der Waals surface area contributed by atoms with E-state index in [1.54, 1.807) is 0 Å². The van der Waals surface area contributed by atoms with E-state index in [0.29, 0.717) is 5.71 Å². The maximum absolute atomic E-state index is 11.9. The molecule has 0 aliphatic carbocycles. The number of aryl methyl sites for hydroxylation is 1. The van der Waals surface area contributed by atoms with Gasteiger partial charge in [-0.15, -0.1) is 0 Å². The largest absolute Gasteiger partial charge is 0.464 e. The highest BCUT2D eigenvalue weighted by Crippen LogP contribution is 2.19. The Morgan fingerprint density at radius 1 is 1.00 bits per heavy atom. The van der Waals surface area contributed by atoms with Crippen LogP contribution in [0.4, 0.5) is 5.69 Å². The topological polar surface area (TPSA) is 38.7 Å². The Morgan fingerprint density at radius 2 is 1.63 bits per heavy atom. The van der Waals surface area contributed by atoms with Gasteiger partial charge in [0.1, 0.15) is 0 Å². The normalized spacial score (nSPS) is 11.2. The fraction of sp³-hybridized carbons (Fsp3) is 0.125. The van der Waals surface area contributed by atoms with E-state index in [1.807, 2.05) is 61.5 Å². The molecule has 2 aromatic carbocycles. The molecule has 0 bridgehead atoms. The van der Waals surface area contributed by atoms with Gasteiger partial charge in [-0.1, -0.05) is 48.5 Å². The maximum Gasteiger partial charge on any atom is 0.357 e. The highest BCUT2D eigenvalue weighted by Gasteiger charge is 2.14. The van der Waals surface area contributed by atoms with Crippen molar-refractivity contribution in [3.8, 4) is 0 Å². The first kappa shape index (κ1) is 13.0. The third-order valence-electron chi connectivity index (χ3n) is 2.77. The number of methoxy groups -OCH3 is 1. The van der Waals surface area contributed by atoms with Crippen molar-refractivity contribution in [1.29, 1.82) is 0 Å². The number of rotatable bonds is 3. The second kappa shape index (κ2) is 5.96. The summed E-state index contributed by atoms with van der Waals surface area (Å²) in [4.78, 5) is 16.3. The first-order valence-corrected chi connectivity index (χ1v) is 6.00. The Labute approximate surface area is 112 Å². The third-order valence-corrected chi connectivity index (χ3v) is 2.77. The molecule has 0 aliphatic rings. The van der Waals surface area contributed by atoms with Crippen molar-refractivity contribution < 1.29 is 9.53 Å². The molecule has 0 fully saturated rings. The molecule has 0 amide bonds. The van der Waals surface area contributed by atoms with E-state index in [1.165, 1.54) is 7.11 Å². The van der Waals surface area contributed by atoms with Gasteiger partial charge >= 0.3 is 5.97 Å². The lowest BCUT2D eigenvalue weighted by Crippen LogP contribution is -2.16. The molecule has 0 unspecified atom stereocenters. The summed E-state index contributed by atoms with van der Waals surface area (Å²) in [6.45, 7) is 1.96. The van der Waals surface area contributed by atoms with Crippen LogP contribution in [-0.4, -0.2) is 18.8 Å². The summed E-state index contributed by atoms with van der Waals surface area (Å²) in [6, 6.07) is 17.0. The average molecular weight is 253 g/mol. The first-order chi connectivity index (χ1) is 9.22. The minimum absolute atomic E-state index is 0.317. The Morgan fingerprint density at radius 3 is 2.26 bits per heavy atom.